The number of anilines is 1. The lowest BCUT2D eigenvalue weighted by atomic mass is 9.92. The number of nitrogens with one attached hydrogen (secondary N) is 2. The molecule has 8 heteroatoms. The van der Waals surface area contributed by atoms with E-state index < -0.39 is 5.97 Å². The first-order valence-corrected chi connectivity index (χ1v) is 9.67. The number of fused-ring (bicyclic) bond motifs is 1. The summed E-state index contributed by atoms with van der Waals surface area (Å²) in [5, 5.41) is 6.38. The Bertz CT molecular complexity index is 901. The minimum atomic E-state index is -0.405. The van der Waals surface area contributed by atoms with Gasteiger partial charge in [0, 0.05) is 19.6 Å². The lowest BCUT2D eigenvalue weighted by molar-refractivity contribution is -0.118. The molecular formula is C20H26N4O4. The van der Waals surface area contributed by atoms with E-state index in [2.05, 4.69) is 15.6 Å². The number of aromatic nitrogens is 2. The van der Waals surface area contributed by atoms with Gasteiger partial charge in [0.15, 0.2) is 0 Å². The van der Waals surface area contributed by atoms with Crippen molar-refractivity contribution in [2.45, 2.75) is 25.8 Å². The third-order valence-corrected chi connectivity index (χ3v) is 6.03. The van der Waals surface area contributed by atoms with E-state index in [0.29, 0.717) is 30.2 Å². The molecule has 0 bridgehead atoms. The molecule has 4 rings (SSSR count). The number of hydrogen-bond donors (Lipinski definition) is 2. The Labute approximate surface area is 163 Å². The van der Waals surface area contributed by atoms with Crippen LogP contribution in [0.3, 0.4) is 0 Å². The number of nitrogens with zero attached hydrogens (tertiary/aromatic N) is 2. The molecule has 1 saturated carbocycles. The van der Waals surface area contributed by atoms with Crippen LogP contribution in [0.1, 0.15) is 29.6 Å². The molecule has 1 aromatic carbocycles. The first kappa shape index (κ1) is 18.9. The van der Waals surface area contributed by atoms with E-state index in [9.17, 15) is 9.59 Å². The number of piperidine rings is 1. The lowest BCUT2D eigenvalue weighted by Gasteiger charge is -2.23. The predicted molar refractivity (Wildman–Crippen MR) is 104 cm³/mol. The van der Waals surface area contributed by atoms with Gasteiger partial charge in [-0.05, 0) is 56.0 Å². The summed E-state index contributed by atoms with van der Waals surface area (Å²) < 4.78 is 11.9. The van der Waals surface area contributed by atoms with Gasteiger partial charge in [-0.3, -0.25) is 10.1 Å². The molecule has 1 aromatic heterocycles. The molecule has 1 amide bonds. The van der Waals surface area contributed by atoms with Crippen LogP contribution in [0.5, 0.6) is 0 Å². The zero-order valence-corrected chi connectivity index (χ0v) is 16.3. The monoisotopic (exact) mass is 386 g/mol. The van der Waals surface area contributed by atoms with Gasteiger partial charge >= 0.3 is 5.97 Å². The summed E-state index contributed by atoms with van der Waals surface area (Å²) in [6, 6.07) is 5.19. The minimum absolute atomic E-state index is 0.0315. The van der Waals surface area contributed by atoms with Crippen molar-refractivity contribution in [2.24, 2.45) is 11.3 Å². The Balaban J connectivity index is 1.60. The Morgan fingerprint density at radius 3 is 2.82 bits per heavy atom. The van der Waals surface area contributed by atoms with Gasteiger partial charge in [0.05, 0.1) is 30.3 Å². The number of rotatable bonds is 6. The van der Waals surface area contributed by atoms with Crippen LogP contribution in [0.2, 0.25) is 0 Å². The maximum absolute atomic E-state index is 12.9. The van der Waals surface area contributed by atoms with Gasteiger partial charge in [0.25, 0.3) is 0 Å². The van der Waals surface area contributed by atoms with Crippen molar-refractivity contribution in [3.8, 4) is 0 Å². The molecule has 2 fully saturated rings. The normalized spacial score (nSPS) is 20.3. The van der Waals surface area contributed by atoms with Crippen molar-refractivity contribution >= 4 is 28.9 Å². The fraction of sp³-hybridized carbons (Fsp3) is 0.550. The standard InChI is InChI=1S/C20H26N4O4/c1-27-10-9-24-16-11-13(18(26)28-2)3-4-15(16)22-19(24)23-17(25)14-12-20(14)5-7-21-8-6-20/h3-4,11,14,21H,5-10,12H2,1-2H3,(H,22,23,25). The molecule has 1 atom stereocenters. The van der Waals surface area contributed by atoms with Crippen molar-refractivity contribution in [2.75, 3.05) is 39.2 Å². The highest BCUT2D eigenvalue weighted by molar-refractivity contribution is 5.97. The van der Waals surface area contributed by atoms with E-state index in [1.807, 2.05) is 4.57 Å². The van der Waals surface area contributed by atoms with Crippen molar-refractivity contribution in [3.05, 3.63) is 23.8 Å². The maximum atomic E-state index is 12.9. The van der Waals surface area contributed by atoms with Gasteiger partial charge in [0.2, 0.25) is 11.9 Å². The minimum Gasteiger partial charge on any atom is -0.465 e. The van der Waals surface area contributed by atoms with E-state index in [4.69, 9.17) is 9.47 Å². The van der Waals surface area contributed by atoms with Crippen LogP contribution < -0.4 is 10.6 Å². The van der Waals surface area contributed by atoms with E-state index in [1.54, 1.807) is 25.3 Å². The summed E-state index contributed by atoms with van der Waals surface area (Å²) in [5.41, 5.74) is 2.09. The van der Waals surface area contributed by atoms with Crippen LogP contribution in [0.25, 0.3) is 11.0 Å². The molecule has 1 aliphatic heterocycles. The second-order valence-electron chi connectivity index (χ2n) is 7.63. The molecule has 1 unspecified atom stereocenters. The number of imidazole rings is 1. The van der Waals surface area contributed by atoms with Gasteiger partial charge in [-0.2, -0.15) is 0 Å². The zero-order chi connectivity index (χ0) is 19.7. The van der Waals surface area contributed by atoms with Gasteiger partial charge < -0.3 is 19.4 Å². The second kappa shape index (κ2) is 7.52. The highest BCUT2D eigenvalue weighted by atomic mass is 16.5. The number of methoxy groups -OCH3 is 2. The average molecular weight is 386 g/mol. The number of amides is 1. The van der Waals surface area contributed by atoms with Crippen molar-refractivity contribution < 1.29 is 19.1 Å². The number of carbonyl (C=O) groups excluding carboxylic acids is 2. The molecule has 2 N–H and O–H groups in total. The number of carbonyl (C=O) groups is 2. The molecule has 1 saturated heterocycles. The van der Waals surface area contributed by atoms with Gasteiger partial charge in [-0.15, -0.1) is 0 Å². The molecule has 8 nitrogen and oxygen atoms in total. The average Bonchev–Trinajstić information content (AvgIpc) is 3.30. The van der Waals surface area contributed by atoms with Gasteiger partial charge in [0.1, 0.15) is 0 Å². The molecule has 150 valence electrons. The fourth-order valence-corrected chi connectivity index (χ4v) is 4.26. The molecule has 2 aliphatic rings. The summed E-state index contributed by atoms with van der Waals surface area (Å²) in [6.45, 7) is 2.95. The first-order valence-electron chi connectivity index (χ1n) is 9.67. The van der Waals surface area contributed by atoms with Crippen LogP contribution >= 0.6 is 0 Å². The zero-order valence-electron chi connectivity index (χ0n) is 16.3. The number of ether oxygens (including phenoxy) is 2. The van der Waals surface area contributed by atoms with Crippen molar-refractivity contribution in [3.63, 3.8) is 0 Å². The topological polar surface area (TPSA) is 94.5 Å². The molecule has 0 radical (unpaired) electrons. The van der Waals surface area contributed by atoms with Crippen molar-refractivity contribution in [1.29, 1.82) is 0 Å². The predicted octanol–water partition coefficient (Wildman–Crippen LogP) is 1.80. The molecule has 28 heavy (non-hydrogen) atoms. The SMILES string of the molecule is COCCn1c(NC(=O)C2CC23CCNCC3)nc2ccc(C(=O)OC)cc21. The Morgan fingerprint density at radius 1 is 1.32 bits per heavy atom. The number of hydrogen-bond acceptors (Lipinski definition) is 6. The van der Waals surface area contributed by atoms with Crippen LogP contribution in [0.4, 0.5) is 5.95 Å². The summed E-state index contributed by atoms with van der Waals surface area (Å²) in [7, 11) is 2.98. The first-order chi connectivity index (χ1) is 13.6. The summed E-state index contributed by atoms with van der Waals surface area (Å²) >= 11 is 0. The van der Waals surface area contributed by atoms with Crippen molar-refractivity contribution in [1.82, 2.24) is 14.9 Å². The highest BCUT2D eigenvalue weighted by Gasteiger charge is 2.57. The van der Waals surface area contributed by atoms with E-state index in [-0.39, 0.29) is 17.2 Å². The highest BCUT2D eigenvalue weighted by Crippen LogP contribution is 2.58. The number of benzene rings is 1. The Hall–Kier alpha value is -2.45. The quantitative estimate of drug-likeness (QED) is 0.735. The van der Waals surface area contributed by atoms with E-state index in [0.717, 1.165) is 37.9 Å². The number of esters is 1. The Kier molecular flexibility index (Phi) is 5.07. The summed E-state index contributed by atoms with van der Waals surface area (Å²) in [4.78, 5) is 29.4. The van der Waals surface area contributed by atoms with Crippen LogP contribution in [0, 0.1) is 11.3 Å². The molecule has 1 aliphatic carbocycles. The maximum Gasteiger partial charge on any atom is 0.337 e. The fourth-order valence-electron chi connectivity index (χ4n) is 4.26. The van der Waals surface area contributed by atoms with Crippen LogP contribution in [-0.2, 0) is 20.8 Å². The smallest absolute Gasteiger partial charge is 0.337 e. The van der Waals surface area contributed by atoms with Gasteiger partial charge in [-0.25, -0.2) is 9.78 Å². The van der Waals surface area contributed by atoms with Crippen LogP contribution in [-0.4, -0.2) is 55.3 Å². The molecule has 2 aromatic rings. The molecule has 2 heterocycles. The lowest BCUT2D eigenvalue weighted by Crippen LogP contribution is -2.32. The summed E-state index contributed by atoms with van der Waals surface area (Å²) in [6.07, 6.45) is 3.05. The van der Waals surface area contributed by atoms with Gasteiger partial charge in [-0.1, -0.05) is 0 Å². The third kappa shape index (κ3) is 3.38. The molecular weight excluding hydrogens is 360 g/mol. The largest absolute Gasteiger partial charge is 0.465 e. The molecule has 1 spiro atoms. The van der Waals surface area contributed by atoms with E-state index in [1.165, 1.54) is 7.11 Å². The second-order valence-corrected chi connectivity index (χ2v) is 7.63. The Morgan fingerprint density at radius 2 is 2.11 bits per heavy atom. The third-order valence-electron chi connectivity index (χ3n) is 6.03. The summed E-state index contributed by atoms with van der Waals surface area (Å²) in [5.74, 6) is 0.174. The van der Waals surface area contributed by atoms with Crippen LogP contribution in [0.15, 0.2) is 18.2 Å². The van der Waals surface area contributed by atoms with E-state index >= 15 is 0 Å².